The summed E-state index contributed by atoms with van der Waals surface area (Å²) in [6.45, 7) is 5.01. The van der Waals surface area contributed by atoms with E-state index in [0.717, 1.165) is 25.9 Å². The van der Waals surface area contributed by atoms with Gasteiger partial charge >= 0.3 is 5.97 Å². The Morgan fingerprint density at radius 2 is 1.91 bits per heavy atom. The van der Waals surface area contributed by atoms with Crippen molar-refractivity contribution in [2.75, 3.05) is 13.7 Å². The van der Waals surface area contributed by atoms with E-state index in [4.69, 9.17) is 9.47 Å². The highest BCUT2D eigenvalue weighted by Gasteiger charge is 2.29. The fourth-order valence-electron chi connectivity index (χ4n) is 2.08. The van der Waals surface area contributed by atoms with E-state index in [9.17, 15) is 4.79 Å². The quantitative estimate of drug-likeness (QED) is 0.748. The molecule has 1 aromatic rings. The van der Waals surface area contributed by atoms with Crippen molar-refractivity contribution in [2.45, 2.75) is 38.7 Å². The van der Waals surface area contributed by atoms with Crippen LogP contribution in [-0.4, -0.2) is 25.3 Å². The number of carbonyl (C=O) groups is 1. The molecule has 1 aliphatic carbocycles. The van der Waals surface area contributed by atoms with Gasteiger partial charge in [-0.2, -0.15) is 0 Å². The molecule has 1 atom stereocenters. The molecular weight excluding hydrogens is 276 g/mol. The lowest BCUT2D eigenvalue weighted by atomic mass is 9.92. The summed E-state index contributed by atoms with van der Waals surface area (Å²) in [6.07, 6.45) is 10.6. The predicted molar refractivity (Wildman–Crippen MR) is 89.9 cm³/mol. The van der Waals surface area contributed by atoms with Crippen molar-refractivity contribution in [3.8, 4) is 0 Å². The number of hydrogen-bond donors (Lipinski definition) is 0. The number of methoxy groups -OCH3 is 1. The number of carbonyl (C=O) groups excluding carboxylic acids is 1. The fraction of sp³-hybridized carbons (Fsp3) is 0.421. The zero-order valence-corrected chi connectivity index (χ0v) is 13.7. The summed E-state index contributed by atoms with van der Waals surface area (Å²) in [5.74, 6) is -0.257. The standard InChI is InChI=1S/C15H16O2.C4H10O/c1-2-15(11-7-4-8-12-15)17-14(16)13-9-5-3-6-10-13;1-3-4-5-2/h3-11H,2,12H2,1H3;3-4H2,1-2H3. The second-order valence-electron chi connectivity index (χ2n) is 5.16. The Labute approximate surface area is 133 Å². The van der Waals surface area contributed by atoms with E-state index in [-0.39, 0.29) is 5.97 Å². The van der Waals surface area contributed by atoms with Crippen molar-refractivity contribution >= 4 is 5.97 Å². The van der Waals surface area contributed by atoms with Crippen LogP contribution in [-0.2, 0) is 9.47 Å². The first-order chi connectivity index (χ1) is 10.7. The molecule has 1 aliphatic rings. The molecule has 0 bridgehead atoms. The third-order valence-corrected chi connectivity index (χ3v) is 3.42. The maximum atomic E-state index is 12.0. The molecule has 1 aromatic carbocycles. The van der Waals surface area contributed by atoms with Gasteiger partial charge in [0.2, 0.25) is 0 Å². The van der Waals surface area contributed by atoms with E-state index in [1.165, 1.54) is 0 Å². The van der Waals surface area contributed by atoms with E-state index in [1.54, 1.807) is 19.2 Å². The molecule has 120 valence electrons. The minimum Gasteiger partial charge on any atom is -0.451 e. The zero-order valence-electron chi connectivity index (χ0n) is 13.7. The van der Waals surface area contributed by atoms with Gasteiger partial charge in [0.15, 0.2) is 0 Å². The number of hydrogen-bond acceptors (Lipinski definition) is 3. The second-order valence-corrected chi connectivity index (χ2v) is 5.16. The van der Waals surface area contributed by atoms with Crippen LogP contribution >= 0.6 is 0 Å². The third kappa shape index (κ3) is 5.86. The topological polar surface area (TPSA) is 35.5 Å². The van der Waals surface area contributed by atoms with Crippen molar-refractivity contribution in [1.29, 1.82) is 0 Å². The molecule has 0 aliphatic heterocycles. The smallest absolute Gasteiger partial charge is 0.339 e. The summed E-state index contributed by atoms with van der Waals surface area (Å²) in [6, 6.07) is 9.11. The van der Waals surface area contributed by atoms with Gasteiger partial charge in [-0.05, 0) is 31.1 Å². The van der Waals surface area contributed by atoms with Crippen LogP contribution in [0, 0.1) is 0 Å². The monoisotopic (exact) mass is 302 g/mol. The lowest BCUT2D eigenvalue weighted by Crippen LogP contribution is -2.32. The van der Waals surface area contributed by atoms with E-state index in [1.807, 2.05) is 49.4 Å². The van der Waals surface area contributed by atoms with Gasteiger partial charge in [0.25, 0.3) is 0 Å². The van der Waals surface area contributed by atoms with E-state index in [0.29, 0.717) is 5.56 Å². The number of allylic oxidation sites excluding steroid dienone is 2. The molecule has 0 fully saturated rings. The number of ether oxygens (including phenoxy) is 2. The Hall–Kier alpha value is -1.87. The van der Waals surface area contributed by atoms with Crippen LogP contribution in [0.25, 0.3) is 0 Å². The minimum atomic E-state index is -0.471. The largest absolute Gasteiger partial charge is 0.451 e. The van der Waals surface area contributed by atoms with E-state index < -0.39 is 5.60 Å². The van der Waals surface area contributed by atoms with Crippen LogP contribution in [0.1, 0.15) is 43.5 Å². The van der Waals surface area contributed by atoms with Gasteiger partial charge < -0.3 is 9.47 Å². The van der Waals surface area contributed by atoms with Gasteiger partial charge in [0.05, 0.1) is 5.56 Å². The van der Waals surface area contributed by atoms with Gasteiger partial charge in [-0.25, -0.2) is 4.79 Å². The van der Waals surface area contributed by atoms with Gasteiger partial charge in [0, 0.05) is 20.1 Å². The second kappa shape index (κ2) is 9.96. The van der Waals surface area contributed by atoms with Gasteiger partial charge in [0.1, 0.15) is 5.60 Å². The molecule has 22 heavy (non-hydrogen) atoms. The molecule has 0 heterocycles. The predicted octanol–water partition coefficient (Wildman–Crippen LogP) is 4.55. The van der Waals surface area contributed by atoms with Crippen LogP contribution in [0.5, 0.6) is 0 Å². The lowest BCUT2D eigenvalue weighted by Gasteiger charge is -2.29. The van der Waals surface area contributed by atoms with Crippen LogP contribution in [0.3, 0.4) is 0 Å². The van der Waals surface area contributed by atoms with E-state index >= 15 is 0 Å². The number of benzene rings is 1. The Balaban J connectivity index is 0.000000422. The Kier molecular flexibility index (Phi) is 8.23. The highest BCUT2D eigenvalue weighted by Crippen LogP contribution is 2.27. The molecule has 1 unspecified atom stereocenters. The van der Waals surface area contributed by atoms with Crippen molar-refractivity contribution in [2.24, 2.45) is 0 Å². The first-order valence-electron chi connectivity index (χ1n) is 7.79. The van der Waals surface area contributed by atoms with Gasteiger partial charge in [-0.3, -0.25) is 0 Å². The van der Waals surface area contributed by atoms with Crippen molar-refractivity contribution in [1.82, 2.24) is 0 Å². The SMILES string of the molecule is CCC1(OC(=O)c2ccccc2)C=CC=CC1.CCCOC. The zero-order chi connectivity index (χ0) is 16.3. The van der Waals surface area contributed by atoms with E-state index in [2.05, 4.69) is 6.92 Å². The summed E-state index contributed by atoms with van der Waals surface area (Å²) < 4.78 is 10.3. The maximum absolute atomic E-state index is 12.0. The summed E-state index contributed by atoms with van der Waals surface area (Å²) in [7, 11) is 1.71. The average molecular weight is 302 g/mol. The normalized spacial score (nSPS) is 19.2. The molecule has 0 saturated heterocycles. The van der Waals surface area contributed by atoms with Gasteiger partial charge in [-0.15, -0.1) is 0 Å². The van der Waals surface area contributed by atoms with Crippen molar-refractivity contribution in [3.63, 3.8) is 0 Å². The molecule has 2 rings (SSSR count). The summed E-state index contributed by atoms with van der Waals surface area (Å²) >= 11 is 0. The molecule has 0 aromatic heterocycles. The number of rotatable bonds is 5. The summed E-state index contributed by atoms with van der Waals surface area (Å²) in [5, 5.41) is 0. The molecule has 3 heteroatoms. The molecule has 0 spiro atoms. The van der Waals surface area contributed by atoms with Crippen LogP contribution in [0.4, 0.5) is 0 Å². The maximum Gasteiger partial charge on any atom is 0.339 e. The molecule has 0 N–H and O–H groups in total. The fourth-order valence-corrected chi connectivity index (χ4v) is 2.08. The Bertz CT molecular complexity index is 489. The van der Waals surface area contributed by atoms with Crippen molar-refractivity contribution in [3.05, 3.63) is 60.2 Å². The molecule has 3 nitrogen and oxygen atoms in total. The number of esters is 1. The van der Waals surface area contributed by atoms with Crippen LogP contribution in [0.15, 0.2) is 54.6 Å². The average Bonchev–Trinajstić information content (AvgIpc) is 2.58. The lowest BCUT2D eigenvalue weighted by molar-refractivity contribution is 0.00299. The molecular formula is C19H26O3. The molecule has 0 saturated carbocycles. The Morgan fingerprint density at radius 1 is 1.18 bits per heavy atom. The Morgan fingerprint density at radius 3 is 2.36 bits per heavy atom. The van der Waals surface area contributed by atoms with Crippen LogP contribution in [0.2, 0.25) is 0 Å². The first kappa shape index (κ1) is 18.2. The molecule has 0 amide bonds. The molecule has 0 radical (unpaired) electrons. The minimum absolute atomic E-state index is 0.257. The summed E-state index contributed by atoms with van der Waals surface area (Å²) in [5.41, 5.74) is 0.130. The summed E-state index contributed by atoms with van der Waals surface area (Å²) in [4.78, 5) is 12.0. The highest BCUT2D eigenvalue weighted by molar-refractivity contribution is 5.89. The van der Waals surface area contributed by atoms with Crippen molar-refractivity contribution < 1.29 is 14.3 Å². The highest BCUT2D eigenvalue weighted by atomic mass is 16.6. The van der Waals surface area contributed by atoms with Gasteiger partial charge in [-0.1, -0.05) is 50.3 Å². The third-order valence-electron chi connectivity index (χ3n) is 3.42. The first-order valence-corrected chi connectivity index (χ1v) is 7.79. The van der Waals surface area contributed by atoms with Crippen LogP contribution < -0.4 is 0 Å².